The van der Waals surface area contributed by atoms with Crippen LogP contribution in [-0.2, 0) is 6.42 Å². The number of nitrogens with zero attached hydrogens (tertiary/aromatic N) is 2. The van der Waals surface area contributed by atoms with Crippen molar-refractivity contribution in [2.24, 2.45) is 5.41 Å². The molecule has 0 unspecified atom stereocenters. The van der Waals surface area contributed by atoms with E-state index in [2.05, 4.69) is 9.97 Å². The molecule has 0 bridgehead atoms. The second kappa shape index (κ2) is 3.48. The molecule has 2 aromatic heterocycles. The van der Waals surface area contributed by atoms with Crippen LogP contribution in [0.1, 0.15) is 25.6 Å². The van der Waals surface area contributed by atoms with Crippen LogP contribution in [0.3, 0.4) is 0 Å². The molecule has 0 saturated heterocycles. The average Bonchev–Trinajstić information content (AvgIpc) is 2.57. The highest BCUT2D eigenvalue weighted by molar-refractivity contribution is 5.60. The third kappa shape index (κ3) is 2.13. The van der Waals surface area contributed by atoms with Crippen LogP contribution in [0.4, 0.5) is 13.2 Å². The summed E-state index contributed by atoms with van der Waals surface area (Å²) in [4.78, 5) is 7.69. The fourth-order valence-corrected chi connectivity index (χ4v) is 1.34. The zero-order valence-electron chi connectivity index (χ0n) is 9.55. The summed E-state index contributed by atoms with van der Waals surface area (Å²) in [6.45, 7) is 3.80. The van der Waals surface area contributed by atoms with Gasteiger partial charge in [-0.25, -0.2) is 0 Å². The predicted octanol–water partition coefficient (Wildman–Crippen LogP) is 3.26. The Kier molecular flexibility index (Phi) is 2.44. The van der Waals surface area contributed by atoms with Crippen LogP contribution >= 0.6 is 0 Å². The third-order valence-corrected chi connectivity index (χ3v) is 2.49. The number of alkyl halides is 3. The average molecular weight is 248 g/mol. The van der Waals surface area contributed by atoms with E-state index in [0.717, 1.165) is 13.8 Å². The summed E-state index contributed by atoms with van der Waals surface area (Å²) in [5, 5.41) is 0. The topological polar surface area (TPSA) is 52.1 Å². The zero-order valence-corrected chi connectivity index (χ0v) is 9.55. The minimum Gasteiger partial charge on any atom is -0.420 e. The van der Waals surface area contributed by atoms with Gasteiger partial charge in [-0.15, -0.1) is 0 Å². The summed E-state index contributed by atoms with van der Waals surface area (Å²) >= 11 is 0. The Hall–Kier alpha value is -1.53. The van der Waals surface area contributed by atoms with Crippen LogP contribution in [0.5, 0.6) is 0 Å². The van der Waals surface area contributed by atoms with E-state index in [-0.39, 0.29) is 23.7 Å². The largest absolute Gasteiger partial charge is 0.420 e. The molecule has 2 heterocycles. The van der Waals surface area contributed by atoms with Crippen molar-refractivity contribution < 1.29 is 22.0 Å². The molecule has 0 spiro atoms. The Balaban J connectivity index is 2.27. The van der Waals surface area contributed by atoms with E-state index >= 15 is 0 Å². The fraction of sp³-hybridized carbons (Fsp3) is 0.600. The summed E-state index contributed by atoms with van der Waals surface area (Å²) in [7, 11) is 0. The zero-order chi connectivity index (χ0) is 12.8. The normalized spacial score (nSPS) is 13.5. The molecule has 0 aliphatic heterocycles. The van der Waals surface area contributed by atoms with Crippen LogP contribution in [0.25, 0.3) is 11.4 Å². The molecule has 0 aromatic carbocycles. The first kappa shape index (κ1) is 11.9. The molecule has 0 amide bonds. The molecular weight excluding hydrogens is 237 g/mol. The van der Waals surface area contributed by atoms with E-state index in [0.29, 0.717) is 5.89 Å². The summed E-state index contributed by atoms with van der Waals surface area (Å²) in [5.74, 6) is 0.349. The number of fused-ring (bicyclic) bond motifs is 1. The summed E-state index contributed by atoms with van der Waals surface area (Å²) in [6, 6.07) is 0. The van der Waals surface area contributed by atoms with E-state index in [4.69, 9.17) is 8.83 Å². The number of halogens is 3. The van der Waals surface area contributed by atoms with E-state index in [1.54, 1.807) is 6.92 Å². The number of aryl methyl sites for hydroxylation is 1. The molecule has 2 aromatic rings. The number of hydrogen-bond donors (Lipinski definition) is 0. The molecule has 0 saturated carbocycles. The molecule has 0 fully saturated rings. The number of hydrogen-bond acceptors (Lipinski definition) is 4. The second-order valence-electron chi connectivity index (χ2n) is 4.51. The van der Waals surface area contributed by atoms with Gasteiger partial charge in [0.25, 0.3) is 11.4 Å². The molecule has 94 valence electrons. The van der Waals surface area contributed by atoms with Crippen molar-refractivity contribution in [2.45, 2.75) is 33.4 Å². The lowest BCUT2D eigenvalue weighted by Crippen LogP contribution is -2.34. The fourth-order valence-electron chi connectivity index (χ4n) is 1.34. The highest BCUT2D eigenvalue weighted by Crippen LogP contribution is 2.40. The van der Waals surface area contributed by atoms with Crippen LogP contribution in [0, 0.1) is 12.3 Å². The molecule has 4 nitrogen and oxygen atoms in total. The van der Waals surface area contributed by atoms with Crippen LogP contribution in [0.15, 0.2) is 8.83 Å². The van der Waals surface area contributed by atoms with Crippen LogP contribution in [-0.4, -0.2) is 16.1 Å². The van der Waals surface area contributed by atoms with Crippen LogP contribution < -0.4 is 0 Å². The van der Waals surface area contributed by atoms with Gasteiger partial charge in [0, 0.05) is 13.3 Å². The van der Waals surface area contributed by atoms with Gasteiger partial charge >= 0.3 is 6.18 Å². The first-order valence-electron chi connectivity index (χ1n) is 4.98. The minimum absolute atomic E-state index is 0.0198. The molecule has 0 aliphatic rings. The molecule has 0 aliphatic carbocycles. The summed E-state index contributed by atoms with van der Waals surface area (Å²) in [6.07, 6.45) is -4.66. The van der Waals surface area contributed by atoms with Gasteiger partial charge in [-0.3, -0.25) is 0 Å². The second-order valence-corrected chi connectivity index (χ2v) is 4.51. The quantitative estimate of drug-likeness (QED) is 0.818. The monoisotopic (exact) mass is 248 g/mol. The molecule has 0 N–H and O–H groups in total. The Morgan fingerprint density at radius 1 is 1.06 bits per heavy atom. The molecular formula is C10H11F3N2O2. The summed E-state index contributed by atoms with van der Waals surface area (Å²) < 4.78 is 48.1. The molecule has 0 atom stereocenters. The van der Waals surface area contributed by atoms with Crippen molar-refractivity contribution in [3.05, 3.63) is 11.8 Å². The Labute approximate surface area is 94.8 Å². The maximum Gasteiger partial charge on any atom is 0.394 e. The molecule has 7 heteroatoms. The number of rotatable bonds is 2. The predicted molar refractivity (Wildman–Crippen MR) is 52.3 cm³/mol. The first-order chi connectivity index (χ1) is 7.69. The lowest BCUT2D eigenvalue weighted by atomic mass is 9.88. The highest BCUT2D eigenvalue weighted by Gasteiger charge is 2.48. The maximum atomic E-state index is 12.7. The van der Waals surface area contributed by atoms with Gasteiger partial charge < -0.3 is 8.83 Å². The smallest absolute Gasteiger partial charge is 0.394 e. The standard InChI is InChI=1S/C10H11F3N2O2/c1-5-14-7-8(16-5)15-6(17-7)4-9(2,3)10(11,12)13/h4H2,1-3H3. The van der Waals surface area contributed by atoms with Gasteiger partial charge in [0.1, 0.15) is 0 Å². The highest BCUT2D eigenvalue weighted by atomic mass is 19.4. The van der Waals surface area contributed by atoms with Gasteiger partial charge in [-0.2, -0.15) is 23.1 Å². The van der Waals surface area contributed by atoms with Gasteiger partial charge in [0.05, 0.1) is 5.41 Å². The molecule has 2 rings (SSSR count). The Bertz CT molecular complexity index is 508. The van der Waals surface area contributed by atoms with Crippen molar-refractivity contribution in [3.8, 4) is 0 Å². The van der Waals surface area contributed by atoms with Crippen molar-refractivity contribution in [2.75, 3.05) is 0 Å². The van der Waals surface area contributed by atoms with Crippen LogP contribution in [0.2, 0.25) is 0 Å². The molecule has 17 heavy (non-hydrogen) atoms. The SMILES string of the molecule is Cc1nc2oc(CC(C)(C)C(F)(F)F)nc2o1. The first-order valence-corrected chi connectivity index (χ1v) is 4.98. The molecule has 0 radical (unpaired) electrons. The van der Waals surface area contributed by atoms with E-state index in [1.807, 2.05) is 0 Å². The Morgan fingerprint density at radius 2 is 1.65 bits per heavy atom. The van der Waals surface area contributed by atoms with Gasteiger partial charge in [-0.05, 0) is 0 Å². The number of oxazole rings is 2. The van der Waals surface area contributed by atoms with E-state index in [1.165, 1.54) is 0 Å². The minimum atomic E-state index is -4.31. The van der Waals surface area contributed by atoms with Gasteiger partial charge in [-0.1, -0.05) is 13.8 Å². The van der Waals surface area contributed by atoms with E-state index in [9.17, 15) is 13.2 Å². The van der Waals surface area contributed by atoms with Crippen molar-refractivity contribution in [1.82, 2.24) is 9.97 Å². The van der Waals surface area contributed by atoms with Gasteiger partial charge in [0.2, 0.25) is 5.89 Å². The maximum absolute atomic E-state index is 12.7. The Morgan fingerprint density at radius 3 is 2.18 bits per heavy atom. The lowest BCUT2D eigenvalue weighted by Gasteiger charge is -2.25. The van der Waals surface area contributed by atoms with Crippen molar-refractivity contribution in [3.63, 3.8) is 0 Å². The van der Waals surface area contributed by atoms with E-state index < -0.39 is 11.6 Å². The third-order valence-electron chi connectivity index (χ3n) is 2.49. The van der Waals surface area contributed by atoms with Crippen molar-refractivity contribution in [1.29, 1.82) is 0 Å². The summed E-state index contributed by atoms with van der Waals surface area (Å²) in [5.41, 5.74) is -1.63. The lowest BCUT2D eigenvalue weighted by molar-refractivity contribution is -0.212. The van der Waals surface area contributed by atoms with Crippen molar-refractivity contribution >= 4 is 11.4 Å². The number of aromatic nitrogens is 2. The van der Waals surface area contributed by atoms with Gasteiger partial charge in [0.15, 0.2) is 5.89 Å².